The van der Waals surface area contributed by atoms with Crippen molar-refractivity contribution in [2.45, 2.75) is 6.42 Å². The molecule has 0 saturated heterocycles. The first-order chi connectivity index (χ1) is 8.28. The highest BCUT2D eigenvalue weighted by Crippen LogP contribution is 2.14. The van der Waals surface area contributed by atoms with Gasteiger partial charge in [-0.25, -0.2) is 0 Å². The van der Waals surface area contributed by atoms with E-state index in [1.807, 2.05) is 12.1 Å². The summed E-state index contributed by atoms with van der Waals surface area (Å²) in [6, 6.07) is 5.48. The third-order valence-corrected chi connectivity index (χ3v) is 2.19. The highest BCUT2D eigenvalue weighted by molar-refractivity contribution is 5.42. The number of ether oxygens (including phenoxy) is 1. The van der Waals surface area contributed by atoms with Crippen molar-refractivity contribution in [3.8, 4) is 5.88 Å². The predicted molar refractivity (Wildman–Crippen MR) is 63.9 cm³/mol. The van der Waals surface area contributed by atoms with E-state index in [2.05, 4.69) is 15.3 Å². The van der Waals surface area contributed by atoms with E-state index in [1.165, 1.54) is 7.11 Å². The maximum absolute atomic E-state index is 5.54. The van der Waals surface area contributed by atoms with Crippen molar-refractivity contribution in [2.24, 2.45) is 0 Å². The zero-order valence-corrected chi connectivity index (χ0v) is 9.51. The zero-order chi connectivity index (χ0) is 12.1. The molecule has 2 aromatic heterocycles. The van der Waals surface area contributed by atoms with Crippen LogP contribution >= 0.6 is 0 Å². The van der Waals surface area contributed by atoms with Crippen LogP contribution in [-0.2, 0) is 6.42 Å². The van der Waals surface area contributed by atoms with Crippen molar-refractivity contribution < 1.29 is 9.15 Å². The lowest BCUT2D eigenvalue weighted by atomic mass is 10.3. The number of nitrogens with two attached hydrogens (primary N) is 1. The lowest BCUT2D eigenvalue weighted by Gasteiger charge is -2.06. The van der Waals surface area contributed by atoms with E-state index >= 15 is 0 Å². The first-order valence-corrected chi connectivity index (χ1v) is 5.23. The Hall–Kier alpha value is -2.24. The van der Waals surface area contributed by atoms with E-state index in [0.29, 0.717) is 18.2 Å². The van der Waals surface area contributed by atoms with Crippen molar-refractivity contribution in [1.29, 1.82) is 0 Å². The second-order valence-electron chi connectivity index (χ2n) is 3.41. The van der Waals surface area contributed by atoms with Crippen molar-refractivity contribution in [2.75, 3.05) is 24.7 Å². The van der Waals surface area contributed by atoms with Crippen molar-refractivity contribution in [3.63, 3.8) is 0 Å². The van der Waals surface area contributed by atoms with Crippen molar-refractivity contribution >= 4 is 11.8 Å². The molecule has 0 atom stereocenters. The molecule has 3 N–H and O–H groups in total. The molecule has 6 nitrogen and oxygen atoms in total. The van der Waals surface area contributed by atoms with Gasteiger partial charge in [-0.15, -0.1) is 0 Å². The summed E-state index contributed by atoms with van der Waals surface area (Å²) in [5, 5.41) is 3.13. The van der Waals surface area contributed by atoms with Crippen LogP contribution in [0.1, 0.15) is 5.76 Å². The third kappa shape index (κ3) is 3.10. The highest BCUT2D eigenvalue weighted by Gasteiger charge is 2.02. The van der Waals surface area contributed by atoms with Gasteiger partial charge in [0, 0.05) is 19.0 Å². The van der Waals surface area contributed by atoms with Gasteiger partial charge in [-0.3, -0.25) is 0 Å². The molecule has 0 spiro atoms. The van der Waals surface area contributed by atoms with Gasteiger partial charge in [0.25, 0.3) is 0 Å². The molecule has 0 unspecified atom stereocenters. The number of aromatic nitrogens is 2. The molecule has 0 bridgehead atoms. The average molecular weight is 234 g/mol. The fourth-order valence-corrected chi connectivity index (χ4v) is 1.41. The van der Waals surface area contributed by atoms with Crippen LogP contribution in [0.5, 0.6) is 5.88 Å². The smallest absolute Gasteiger partial charge is 0.225 e. The molecule has 90 valence electrons. The second-order valence-corrected chi connectivity index (χ2v) is 3.41. The average Bonchev–Trinajstić information content (AvgIpc) is 2.81. The Morgan fingerprint density at radius 3 is 3.06 bits per heavy atom. The van der Waals surface area contributed by atoms with E-state index in [-0.39, 0.29) is 5.95 Å². The molecule has 0 aliphatic rings. The molecule has 2 heterocycles. The van der Waals surface area contributed by atoms with Crippen LogP contribution in [0.25, 0.3) is 0 Å². The van der Waals surface area contributed by atoms with Gasteiger partial charge in [-0.05, 0) is 12.1 Å². The van der Waals surface area contributed by atoms with Crippen LogP contribution in [0, 0.1) is 0 Å². The van der Waals surface area contributed by atoms with Gasteiger partial charge in [-0.1, -0.05) is 0 Å². The predicted octanol–water partition coefficient (Wildman–Crippen LogP) is 1.31. The molecule has 0 aromatic carbocycles. The normalized spacial score (nSPS) is 10.2. The Bertz CT molecular complexity index is 470. The minimum atomic E-state index is 0.185. The highest BCUT2D eigenvalue weighted by atomic mass is 16.5. The summed E-state index contributed by atoms with van der Waals surface area (Å²) in [5.74, 6) is 2.19. The SMILES string of the molecule is COc1cc(NCCc2ccco2)nc(N)n1. The fourth-order valence-electron chi connectivity index (χ4n) is 1.41. The summed E-state index contributed by atoms with van der Waals surface area (Å²) < 4.78 is 10.2. The number of rotatable bonds is 5. The molecule has 2 rings (SSSR count). The van der Waals surface area contributed by atoms with Gasteiger partial charge in [0.05, 0.1) is 13.4 Å². The first-order valence-electron chi connectivity index (χ1n) is 5.23. The quantitative estimate of drug-likeness (QED) is 0.811. The summed E-state index contributed by atoms with van der Waals surface area (Å²) in [7, 11) is 1.54. The lowest BCUT2D eigenvalue weighted by molar-refractivity contribution is 0.398. The lowest BCUT2D eigenvalue weighted by Crippen LogP contribution is -2.08. The topological polar surface area (TPSA) is 86.2 Å². The number of nitrogens with one attached hydrogen (secondary N) is 1. The molecule has 0 aliphatic carbocycles. The molecule has 0 fully saturated rings. The molecule has 0 radical (unpaired) electrons. The molecule has 2 aromatic rings. The second kappa shape index (κ2) is 5.20. The summed E-state index contributed by atoms with van der Waals surface area (Å²) in [5.41, 5.74) is 5.54. The molecule has 0 amide bonds. The van der Waals surface area contributed by atoms with Gasteiger partial charge in [0.15, 0.2) is 0 Å². The Balaban J connectivity index is 1.92. The summed E-state index contributed by atoms with van der Waals surface area (Å²) in [4.78, 5) is 7.94. The summed E-state index contributed by atoms with van der Waals surface area (Å²) in [6.07, 6.45) is 2.43. The molecule has 17 heavy (non-hydrogen) atoms. The van der Waals surface area contributed by atoms with E-state index < -0.39 is 0 Å². The summed E-state index contributed by atoms with van der Waals surface area (Å²) >= 11 is 0. The van der Waals surface area contributed by atoms with Gasteiger partial charge in [-0.2, -0.15) is 9.97 Å². The number of anilines is 2. The van der Waals surface area contributed by atoms with Gasteiger partial charge < -0.3 is 20.2 Å². The number of hydrogen-bond acceptors (Lipinski definition) is 6. The summed E-state index contributed by atoms with van der Waals surface area (Å²) in [6.45, 7) is 0.702. The van der Waals surface area contributed by atoms with E-state index in [0.717, 1.165) is 12.2 Å². The van der Waals surface area contributed by atoms with Crippen LogP contribution in [0.15, 0.2) is 28.9 Å². The zero-order valence-electron chi connectivity index (χ0n) is 9.51. The number of furan rings is 1. The fraction of sp³-hybridized carbons (Fsp3) is 0.273. The molecule has 0 saturated carbocycles. The van der Waals surface area contributed by atoms with Gasteiger partial charge in [0.2, 0.25) is 11.8 Å². The minimum Gasteiger partial charge on any atom is -0.481 e. The van der Waals surface area contributed by atoms with Gasteiger partial charge >= 0.3 is 0 Å². The monoisotopic (exact) mass is 234 g/mol. The Kier molecular flexibility index (Phi) is 3.44. The van der Waals surface area contributed by atoms with Crippen LogP contribution in [-0.4, -0.2) is 23.6 Å². The van der Waals surface area contributed by atoms with E-state index in [1.54, 1.807) is 12.3 Å². The Labute approximate surface area is 98.8 Å². The maximum Gasteiger partial charge on any atom is 0.225 e. The van der Waals surface area contributed by atoms with Crippen molar-refractivity contribution in [1.82, 2.24) is 9.97 Å². The van der Waals surface area contributed by atoms with E-state index in [9.17, 15) is 0 Å². The molecule has 6 heteroatoms. The Morgan fingerprint density at radius 1 is 1.47 bits per heavy atom. The molecule has 0 aliphatic heterocycles. The van der Waals surface area contributed by atoms with Crippen LogP contribution in [0.4, 0.5) is 11.8 Å². The largest absolute Gasteiger partial charge is 0.481 e. The molecular weight excluding hydrogens is 220 g/mol. The number of nitrogen functional groups attached to an aromatic ring is 1. The number of hydrogen-bond donors (Lipinski definition) is 2. The van der Waals surface area contributed by atoms with Crippen LogP contribution < -0.4 is 15.8 Å². The minimum absolute atomic E-state index is 0.185. The molecular formula is C11H14N4O2. The van der Waals surface area contributed by atoms with Crippen molar-refractivity contribution in [3.05, 3.63) is 30.2 Å². The van der Waals surface area contributed by atoms with Crippen LogP contribution in [0.3, 0.4) is 0 Å². The van der Waals surface area contributed by atoms with Crippen LogP contribution in [0.2, 0.25) is 0 Å². The number of methoxy groups -OCH3 is 1. The van der Waals surface area contributed by atoms with E-state index in [4.69, 9.17) is 14.9 Å². The maximum atomic E-state index is 5.54. The van der Waals surface area contributed by atoms with Gasteiger partial charge in [0.1, 0.15) is 11.6 Å². The number of nitrogens with zero attached hydrogens (tertiary/aromatic N) is 2. The standard InChI is InChI=1S/C11H14N4O2/c1-16-10-7-9(14-11(12)15-10)13-5-4-8-3-2-6-17-8/h2-3,6-7H,4-5H2,1H3,(H3,12,13,14,15). The Morgan fingerprint density at radius 2 is 2.35 bits per heavy atom. The first kappa shape index (κ1) is 11.3. The third-order valence-electron chi connectivity index (χ3n) is 2.19.